The van der Waals surface area contributed by atoms with Gasteiger partial charge in [-0.3, -0.25) is 4.39 Å². The summed E-state index contributed by atoms with van der Waals surface area (Å²) in [6.45, 7) is 1.35. The molecule has 0 radical (unpaired) electrons. The first-order valence-corrected chi connectivity index (χ1v) is 6.86. The number of carbonyl (C=O) groups is 1. The summed E-state index contributed by atoms with van der Waals surface area (Å²) in [6.07, 6.45) is 1.24. The molecule has 0 aliphatic carbocycles. The van der Waals surface area contributed by atoms with Crippen LogP contribution in [0.2, 0.25) is 0 Å². The zero-order valence-electron chi connectivity index (χ0n) is 10.1. The zero-order chi connectivity index (χ0) is 13.0. The van der Waals surface area contributed by atoms with Crippen molar-refractivity contribution in [3.05, 3.63) is 33.8 Å². The first kappa shape index (κ1) is 13.3. The van der Waals surface area contributed by atoms with Crippen LogP contribution < -0.4 is 5.32 Å². The van der Waals surface area contributed by atoms with Gasteiger partial charge in [0.15, 0.2) is 0 Å². The summed E-state index contributed by atoms with van der Waals surface area (Å²) >= 11 is 3.45. The van der Waals surface area contributed by atoms with Crippen LogP contribution in [0.3, 0.4) is 0 Å². The number of nitrogens with one attached hydrogen (secondary N) is 1. The summed E-state index contributed by atoms with van der Waals surface area (Å²) in [5, 5.41) is 2.73. The minimum Gasteiger partial charge on any atom is -0.338 e. The number of hydrogen-bond donors (Lipinski definition) is 1. The quantitative estimate of drug-likeness (QED) is 0.855. The number of halogens is 2. The number of nitrogens with zero attached hydrogens (tertiary/aromatic N) is 1. The van der Waals surface area contributed by atoms with Gasteiger partial charge in [0.25, 0.3) is 0 Å². The van der Waals surface area contributed by atoms with Gasteiger partial charge in [-0.25, -0.2) is 4.79 Å². The van der Waals surface area contributed by atoms with Crippen LogP contribution in [0.1, 0.15) is 17.5 Å². The second-order valence-corrected chi connectivity index (χ2v) is 5.27. The first-order chi connectivity index (χ1) is 8.70. The highest BCUT2D eigenvalue weighted by Crippen LogP contribution is 2.22. The van der Waals surface area contributed by atoms with Crippen LogP contribution >= 0.6 is 15.9 Å². The molecule has 0 saturated heterocycles. The van der Waals surface area contributed by atoms with E-state index in [-0.39, 0.29) is 6.03 Å². The molecule has 0 spiro atoms. The second kappa shape index (κ2) is 6.18. The molecule has 2 rings (SSSR count). The molecular formula is C13H16BrFN2O. The SMILES string of the molecule is O=C(NCCCF)N1CCc2cc(Br)ccc2C1. The Bertz CT molecular complexity index is 439. The van der Waals surface area contributed by atoms with Gasteiger partial charge < -0.3 is 10.2 Å². The van der Waals surface area contributed by atoms with Gasteiger partial charge in [0, 0.05) is 24.1 Å². The predicted octanol–water partition coefficient (Wildman–Crippen LogP) is 2.88. The largest absolute Gasteiger partial charge is 0.338 e. The van der Waals surface area contributed by atoms with E-state index in [1.807, 2.05) is 12.1 Å². The van der Waals surface area contributed by atoms with Crippen molar-refractivity contribution in [2.75, 3.05) is 19.8 Å². The van der Waals surface area contributed by atoms with Crippen molar-refractivity contribution in [1.82, 2.24) is 10.2 Å². The summed E-state index contributed by atoms with van der Waals surface area (Å²) < 4.78 is 13.0. The zero-order valence-corrected chi connectivity index (χ0v) is 11.7. The smallest absolute Gasteiger partial charge is 0.317 e. The number of carbonyl (C=O) groups excluding carboxylic acids is 1. The average Bonchev–Trinajstić information content (AvgIpc) is 2.38. The van der Waals surface area contributed by atoms with E-state index in [1.54, 1.807) is 4.90 Å². The average molecular weight is 315 g/mol. The Morgan fingerprint density at radius 2 is 2.28 bits per heavy atom. The number of amides is 2. The molecule has 0 saturated carbocycles. The molecule has 3 nitrogen and oxygen atoms in total. The topological polar surface area (TPSA) is 32.3 Å². The lowest BCUT2D eigenvalue weighted by molar-refractivity contribution is 0.192. The lowest BCUT2D eigenvalue weighted by Gasteiger charge is -2.29. The maximum atomic E-state index is 12.0. The van der Waals surface area contributed by atoms with E-state index in [0.29, 0.717) is 26.1 Å². The van der Waals surface area contributed by atoms with Gasteiger partial charge in [-0.2, -0.15) is 0 Å². The molecule has 1 N–H and O–H groups in total. The maximum Gasteiger partial charge on any atom is 0.317 e. The van der Waals surface area contributed by atoms with E-state index >= 15 is 0 Å². The lowest BCUT2D eigenvalue weighted by Crippen LogP contribution is -2.43. The standard InChI is InChI=1S/C13H16BrFN2O/c14-12-3-2-11-9-17(7-4-10(11)8-12)13(18)16-6-1-5-15/h2-3,8H,1,4-7,9H2,(H,16,18). The summed E-state index contributed by atoms with van der Waals surface area (Å²) in [6, 6.07) is 6.04. The summed E-state index contributed by atoms with van der Waals surface area (Å²) in [5.41, 5.74) is 2.47. The number of alkyl halides is 1. The molecule has 18 heavy (non-hydrogen) atoms. The van der Waals surface area contributed by atoms with Gasteiger partial charge in [0.05, 0.1) is 6.67 Å². The number of benzene rings is 1. The summed E-state index contributed by atoms with van der Waals surface area (Å²) in [4.78, 5) is 13.6. The van der Waals surface area contributed by atoms with Crippen LogP contribution in [0.15, 0.2) is 22.7 Å². The Labute approximate surface area is 114 Å². The van der Waals surface area contributed by atoms with Gasteiger partial charge in [-0.1, -0.05) is 22.0 Å². The van der Waals surface area contributed by atoms with Crippen LogP contribution in [0, 0.1) is 0 Å². The third-order valence-corrected chi connectivity index (χ3v) is 3.55. The van der Waals surface area contributed by atoms with Crippen molar-refractivity contribution in [3.8, 4) is 0 Å². The first-order valence-electron chi connectivity index (χ1n) is 6.07. The van der Waals surface area contributed by atoms with Crippen molar-refractivity contribution >= 4 is 22.0 Å². The molecule has 0 fully saturated rings. The van der Waals surface area contributed by atoms with Crippen LogP contribution in [-0.2, 0) is 13.0 Å². The number of rotatable bonds is 3. The predicted molar refractivity (Wildman–Crippen MR) is 72.2 cm³/mol. The fourth-order valence-electron chi connectivity index (χ4n) is 2.07. The molecule has 2 amide bonds. The van der Waals surface area contributed by atoms with E-state index in [9.17, 15) is 9.18 Å². The summed E-state index contributed by atoms with van der Waals surface area (Å²) in [5.74, 6) is 0. The minimum atomic E-state index is -0.392. The van der Waals surface area contributed by atoms with Crippen LogP contribution in [-0.4, -0.2) is 30.7 Å². The van der Waals surface area contributed by atoms with Gasteiger partial charge in [0.2, 0.25) is 0 Å². The number of hydrogen-bond acceptors (Lipinski definition) is 1. The van der Waals surface area contributed by atoms with Crippen molar-refractivity contribution in [2.45, 2.75) is 19.4 Å². The molecular weight excluding hydrogens is 299 g/mol. The summed E-state index contributed by atoms with van der Waals surface area (Å²) in [7, 11) is 0. The lowest BCUT2D eigenvalue weighted by atomic mass is 10.0. The Morgan fingerprint density at radius 1 is 1.44 bits per heavy atom. The molecule has 5 heteroatoms. The maximum absolute atomic E-state index is 12.0. The monoisotopic (exact) mass is 314 g/mol. The van der Waals surface area contributed by atoms with Crippen LogP contribution in [0.4, 0.5) is 9.18 Å². The molecule has 98 valence electrons. The Morgan fingerprint density at radius 3 is 3.06 bits per heavy atom. The molecule has 0 unspecified atom stereocenters. The van der Waals surface area contributed by atoms with Gasteiger partial charge >= 0.3 is 6.03 Å². The highest BCUT2D eigenvalue weighted by molar-refractivity contribution is 9.10. The third-order valence-electron chi connectivity index (χ3n) is 3.05. The van der Waals surface area contributed by atoms with Crippen molar-refractivity contribution in [3.63, 3.8) is 0 Å². The Balaban J connectivity index is 1.95. The molecule has 1 aliphatic rings. The Kier molecular flexibility index (Phi) is 4.58. The normalized spacial score (nSPS) is 14.2. The van der Waals surface area contributed by atoms with Gasteiger partial charge in [-0.15, -0.1) is 0 Å². The molecule has 0 aromatic heterocycles. The van der Waals surface area contributed by atoms with Crippen molar-refractivity contribution in [1.29, 1.82) is 0 Å². The van der Waals surface area contributed by atoms with Crippen LogP contribution in [0.25, 0.3) is 0 Å². The van der Waals surface area contributed by atoms with Gasteiger partial charge in [0.1, 0.15) is 0 Å². The molecule has 0 bridgehead atoms. The molecule has 1 aliphatic heterocycles. The second-order valence-electron chi connectivity index (χ2n) is 4.36. The van der Waals surface area contributed by atoms with E-state index < -0.39 is 6.67 Å². The van der Waals surface area contributed by atoms with E-state index in [0.717, 1.165) is 10.9 Å². The van der Waals surface area contributed by atoms with E-state index in [4.69, 9.17) is 0 Å². The number of urea groups is 1. The highest BCUT2D eigenvalue weighted by atomic mass is 79.9. The number of fused-ring (bicyclic) bond motifs is 1. The fraction of sp³-hybridized carbons (Fsp3) is 0.462. The molecule has 1 aromatic rings. The van der Waals surface area contributed by atoms with E-state index in [1.165, 1.54) is 11.1 Å². The molecule has 1 aromatic carbocycles. The Hall–Kier alpha value is -1.10. The van der Waals surface area contributed by atoms with Gasteiger partial charge in [-0.05, 0) is 36.1 Å². The minimum absolute atomic E-state index is 0.1000. The van der Waals surface area contributed by atoms with Crippen molar-refractivity contribution < 1.29 is 9.18 Å². The highest BCUT2D eigenvalue weighted by Gasteiger charge is 2.20. The van der Waals surface area contributed by atoms with Crippen molar-refractivity contribution in [2.24, 2.45) is 0 Å². The van der Waals surface area contributed by atoms with E-state index in [2.05, 4.69) is 27.3 Å². The van der Waals surface area contributed by atoms with Crippen LogP contribution in [0.5, 0.6) is 0 Å². The fourth-order valence-corrected chi connectivity index (χ4v) is 2.48. The third kappa shape index (κ3) is 3.22. The molecule has 1 heterocycles. The molecule has 0 atom stereocenters.